The Morgan fingerprint density at radius 2 is 1.97 bits per heavy atom. The summed E-state index contributed by atoms with van der Waals surface area (Å²) in [6, 6.07) is 3.92. The van der Waals surface area contributed by atoms with Crippen molar-refractivity contribution in [3.63, 3.8) is 0 Å². The highest BCUT2D eigenvalue weighted by molar-refractivity contribution is 5.96. The lowest BCUT2D eigenvalue weighted by Crippen LogP contribution is -2.27. The van der Waals surface area contributed by atoms with Crippen LogP contribution in [0, 0.1) is 5.41 Å². The van der Waals surface area contributed by atoms with Crippen molar-refractivity contribution in [2.24, 2.45) is 17.5 Å². The van der Waals surface area contributed by atoms with Crippen LogP contribution in [0.1, 0.15) is 32.2 Å². The zero-order valence-electron chi connectivity index (χ0n) is 18.9. The number of H-pyrrole nitrogens is 1. The summed E-state index contributed by atoms with van der Waals surface area (Å²) in [4.78, 5) is 33.7. The molecule has 1 aliphatic rings. The molecule has 0 radical (unpaired) electrons. The Hall–Kier alpha value is -4.14. The van der Waals surface area contributed by atoms with Crippen molar-refractivity contribution < 1.29 is 4.79 Å². The number of pyridine rings is 2. The van der Waals surface area contributed by atoms with E-state index in [1.54, 1.807) is 29.5 Å². The van der Waals surface area contributed by atoms with Gasteiger partial charge in [-0.15, -0.1) is 0 Å². The quantitative estimate of drug-likeness (QED) is 0.500. The van der Waals surface area contributed by atoms with Crippen LogP contribution in [-0.4, -0.2) is 41.8 Å². The van der Waals surface area contributed by atoms with Crippen LogP contribution in [0.15, 0.2) is 41.8 Å². The molecule has 4 aromatic rings. The number of allylic oxidation sites excluding steroid dienone is 1. The van der Waals surface area contributed by atoms with Gasteiger partial charge < -0.3 is 10.3 Å². The van der Waals surface area contributed by atoms with Crippen LogP contribution >= 0.6 is 0 Å². The van der Waals surface area contributed by atoms with Gasteiger partial charge in [0.25, 0.3) is 0 Å². The molecule has 0 bridgehead atoms. The molecule has 166 valence electrons. The highest BCUT2D eigenvalue weighted by atomic mass is 16.2. The second kappa shape index (κ2) is 7.77. The molecule has 0 aliphatic carbocycles. The Morgan fingerprint density at radius 1 is 1.15 bits per heavy atom. The van der Waals surface area contributed by atoms with Gasteiger partial charge in [-0.2, -0.15) is 5.10 Å². The number of aliphatic imine (C=N–C) groups is 1. The Morgan fingerprint density at radius 3 is 2.79 bits per heavy atom. The van der Waals surface area contributed by atoms with Gasteiger partial charge in [0.05, 0.1) is 35.2 Å². The van der Waals surface area contributed by atoms with Crippen LogP contribution < -0.4 is 5.32 Å². The number of anilines is 1. The molecule has 4 aromatic heterocycles. The summed E-state index contributed by atoms with van der Waals surface area (Å²) in [5, 5.41) is 8.47. The molecule has 1 aliphatic heterocycles. The fourth-order valence-electron chi connectivity index (χ4n) is 3.59. The number of hydrogen-bond acceptors (Lipinski definition) is 6. The van der Waals surface area contributed by atoms with E-state index < -0.39 is 5.41 Å². The molecule has 0 fully saturated rings. The van der Waals surface area contributed by atoms with Crippen LogP contribution in [0.3, 0.4) is 0 Å². The number of imidazole rings is 1. The van der Waals surface area contributed by atoms with Gasteiger partial charge in [0.1, 0.15) is 5.69 Å². The Bertz CT molecular complexity index is 1430. The molecule has 2 N–H and O–H groups in total. The fraction of sp³-hybridized carbons (Fsp3) is 0.250. The minimum atomic E-state index is -0.497. The molecule has 0 aromatic carbocycles. The first-order chi connectivity index (χ1) is 15.8. The van der Waals surface area contributed by atoms with E-state index in [9.17, 15) is 4.79 Å². The fourth-order valence-corrected chi connectivity index (χ4v) is 3.59. The third-order valence-corrected chi connectivity index (χ3v) is 5.42. The second-order valence-electron chi connectivity index (χ2n) is 9.03. The number of aryl methyl sites for hydroxylation is 1. The summed E-state index contributed by atoms with van der Waals surface area (Å²) in [5.74, 6) is 0.608. The summed E-state index contributed by atoms with van der Waals surface area (Å²) in [5.41, 5.74) is 5.13. The molecule has 9 heteroatoms. The first-order valence-electron chi connectivity index (χ1n) is 10.6. The van der Waals surface area contributed by atoms with Gasteiger partial charge in [-0.25, -0.2) is 14.6 Å². The topological polar surface area (TPSA) is 114 Å². The van der Waals surface area contributed by atoms with Crippen molar-refractivity contribution in [3.8, 4) is 22.6 Å². The molecular weight excluding hydrogens is 416 g/mol. The normalized spacial score (nSPS) is 13.2. The molecular formula is C24H24N8O. The average Bonchev–Trinajstić information content (AvgIpc) is 3.25. The number of rotatable bonds is 3. The van der Waals surface area contributed by atoms with Crippen molar-refractivity contribution in [2.45, 2.75) is 27.3 Å². The van der Waals surface area contributed by atoms with E-state index in [0.717, 1.165) is 39.2 Å². The van der Waals surface area contributed by atoms with Crippen molar-refractivity contribution in [1.82, 2.24) is 29.7 Å². The molecule has 0 unspecified atom stereocenters. The van der Waals surface area contributed by atoms with Gasteiger partial charge in [-0.3, -0.25) is 14.8 Å². The van der Waals surface area contributed by atoms with E-state index in [-0.39, 0.29) is 5.91 Å². The maximum Gasteiger partial charge on any atom is 0.229 e. The third-order valence-electron chi connectivity index (χ3n) is 5.42. The molecule has 5 heterocycles. The molecule has 33 heavy (non-hydrogen) atoms. The Kier molecular flexibility index (Phi) is 4.88. The lowest BCUT2D eigenvalue weighted by atomic mass is 9.95. The number of hydrogen-bond donors (Lipinski definition) is 2. The van der Waals surface area contributed by atoms with E-state index in [0.29, 0.717) is 18.1 Å². The smallest absolute Gasteiger partial charge is 0.229 e. The van der Waals surface area contributed by atoms with Gasteiger partial charge in [-0.05, 0) is 24.3 Å². The van der Waals surface area contributed by atoms with Gasteiger partial charge >= 0.3 is 0 Å². The zero-order chi connectivity index (χ0) is 23.2. The number of carbonyl (C=O) groups excluding carboxylic acids is 1. The van der Waals surface area contributed by atoms with Crippen LogP contribution in [0.25, 0.3) is 39.8 Å². The first-order valence-corrected chi connectivity index (χ1v) is 10.6. The van der Waals surface area contributed by atoms with Crippen LogP contribution in [0.5, 0.6) is 0 Å². The van der Waals surface area contributed by atoms with E-state index in [1.807, 2.05) is 52.1 Å². The average molecular weight is 441 g/mol. The summed E-state index contributed by atoms with van der Waals surface area (Å²) in [7, 11) is 1.86. The SMILES string of the molecule is Cn1nc(-c2nc3c([nH]2)CN=CC=C3)c2cc(-c3cncc(NC(=O)C(C)(C)C)c3)cnc21. The predicted molar refractivity (Wildman–Crippen MR) is 129 cm³/mol. The third kappa shape index (κ3) is 3.93. The Balaban J connectivity index is 1.55. The molecule has 0 saturated heterocycles. The van der Waals surface area contributed by atoms with Gasteiger partial charge in [0.2, 0.25) is 5.91 Å². The van der Waals surface area contributed by atoms with Crippen molar-refractivity contribution >= 4 is 34.9 Å². The lowest BCUT2D eigenvalue weighted by molar-refractivity contribution is -0.123. The maximum atomic E-state index is 12.4. The van der Waals surface area contributed by atoms with Gasteiger partial charge in [0.15, 0.2) is 11.5 Å². The van der Waals surface area contributed by atoms with E-state index in [1.165, 1.54) is 0 Å². The van der Waals surface area contributed by atoms with Crippen LogP contribution in [0.4, 0.5) is 5.69 Å². The van der Waals surface area contributed by atoms with Crippen LogP contribution in [-0.2, 0) is 18.4 Å². The number of aromatic nitrogens is 6. The predicted octanol–water partition coefficient (Wildman–Crippen LogP) is 4.00. The molecule has 0 saturated carbocycles. The lowest BCUT2D eigenvalue weighted by Gasteiger charge is -2.17. The van der Waals surface area contributed by atoms with E-state index in [2.05, 4.69) is 30.4 Å². The summed E-state index contributed by atoms with van der Waals surface area (Å²) >= 11 is 0. The first kappa shape index (κ1) is 20.7. The monoisotopic (exact) mass is 440 g/mol. The van der Waals surface area contributed by atoms with Crippen molar-refractivity contribution in [3.05, 3.63) is 48.2 Å². The minimum absolute atomic E-state index is 0.0689. The van der Waals surface area contributed by atoms with Crippen molar-refractivity contribution in [1.29, 1.82) is 0 Å². The standard InChI is InChI=1S/C24H24N8O/c1-24(2,3)23(33)28-16-8-14(10-26-12-16)15-9-17-20(31-32(4)22(17)27-11-15)21-29-18-6-5-7-25-13-19(18)30-21/h5-12H,13H2,1-4H3,(H,28,33)(H,29,30). The van der Waals surface area contributed by atoms with Crippen LogP contribution in [0.2, 0.25) is 0 Å². The zero-order valence-corrected chi connectivity index (χ0v) is 18.9. The molecule has 0 atom stereocenters. The second-order valence-corrected chi connectivity index (χ2v) is 9.03. The molecule has 1 amide bonds. The molecule has 9 nitrogen and oxygen atoms in total. The number of carbonyl (C=O) groups is 1. The largest absolute Gasteiger partial charge is 0.338 e. The summed E-state index contributed by atoms with van der Waals surface area (Å²) in [6.07, 6.45) is 10.8. The van der Waals surface area contributed by atoms with Gasteiger partial charge in [-0.1, -0.05) is 20.8 Å². The molecule has 0 spiro atoms. The molecule has 5 rings (SSSR count). The summed E-state index contributed by atoms with van der Waals surface area (Å²) in [6.45, 7) is 6.16. The number of nitrogens with one attached hydrogen (secondary N) is 2. The van der Waals surface area contributed by atoms with Crippen molar-refractivity contribution in [2.75, 3.05) is 5.32 Å². The van der Waals surface area contributed by atoms with Gasteiger partial charge in [0, 0.05) is 42.2 Å². The number of nitrogens with zero attached hydrogens (tertiary/aromatic N) is 6. The number of fused-ring (bicyclic) bond motifs is 2. The number of aromatic amines is 1. The highest BCUT2D eigenvalue weighted by Gasteiger charge is 2.22. The Labute approximate surface area is 190 Å². The maximum absolute atomic E-state index is 12.4. The minimum Gasteiger partial charge on any atom is -0.338 e. The van der Waals surface area contributed by atoms with E-state index >= 15 is 0 Å². The van der Waals surface area contributed by atoms with E-state index in [4.69, 9.17) is 4.98 Å². The number of amides is 1. The highest BCUT2D eigenvalue weighted by Crippen LogP contribution is 2.31. The summed E-state index contributed by atoms with van der Waals surface area (Å²) < 4.78 is 1.74.